The molecule has 2 aromatic carbocycles. The van der Waals surface area contributed by atoms with Gasteiger partial charge in [-0.1, -0.05) is 0 Å². The Morgan fingerprint density at radius 3 is 2.83 bits per heavy atom. The summed E-state index contributed by atoms with van der Waals surface area (Å²) in [5.41, 5.74) is 6.10. The lowest BCUT2D eigenvalue weighted by molar-refractivity contribution is -0.110. The quantitative estimate of drug-likeness (QED) is 0.548. The number of nitrogens with one attached hydrogen (secondary N) is 2. The molecule has 0 saturated carbocycles. The number of fused-ring (bicyclic) bond motifs is 3. The van der Waals surface area contributed by atoms with Crippen LogP contribution in [0.1, 0.15) is 5.56 Å². The Morgan fingerprint density at radius 1 is 1.22 bits per heavy atom. The van der Waals surface area contributed by atoms with Crippen LogP contribution in [0.3, 0.4) is 0 Å². The van der Waals surface area contributed by atoms with Crippen LogP contribution in [0.2, 0.25) is 0 Å². The maximum Gasteiger partial charge on any atom is 0.257 e. The van der Waals surface area contributed by atoms with Crippen molar-refractivity contribution in [1.82, 2.24) is 4.98 Å². The summed E-state index contributed by atoms with van der Waals surface area (Å²) >= 11 is 3.25. The number of amides is 1. The van der Waals surface area contributed by atoms with Crippen LogP contribution in [0.4, 0.5) is 11.4 Å². The molecule has 1 aliphatic heterocycles. The third-order valence-electron chi connectivity index (χ3n) is 3.73. The number of hydrogen-bond acceptors (Lipinski definition) is 5. The molecule has 0 aliphatic carbocycles. The molecule has 0 spiro atoms. The van der Waals surface area contributed by atoms with Gasteiger partial charge in [0.05, 0.1) is 27.0 Å². The van der Waals surface area contributed by atoms with Crippen molar-refractivity contribution >= 4 is 56.2 Å². The van der Waals surface area contributed by atoms with E-state index in [1.54, 1.807) is 34.8 Å². The highest BCUT2D eigenvalue weighted by Gasteiger charge is 2.27. The summed E-state index contributed by atoms with van der Waals surface area (Å²) < 4.78 is 1.03. The minimum Gasteiger partial charge on any atom is -0.361 e. The fourth-order valence-electron chi connectivity index (χ4n) is 2.58. The van der Waals surface area contributed by atoms with Crippen molar-refractivity contribution in [3.8, 4) is 0 Å². The summed E-state index contributed by atoms with van der Waals surface area (Å²) in [4.78, 5) is 17.8. The fraction of sp³-hybridized carbons (Fsp3) is 0.0588. The Bertz CT molecular complexity index is 929. The van der Waals surface area contributed by atoms with E-state index in [0.29, 0.717) is 5.57 Å². The van der Waals surface area contributed by atoms with Crippen molar-refractivity contribution in [3.05, 3.63) is 53.7 Å². The van der Waals surface area contributed by atoms with Crippen LogP contribution in [-0.2, 0) is 4.79 Å². The molecule has 6 heteroatoms. The lowest BCUT2D eigenvalue weighted by atomic mass is 10.1. The average Bonchev–Trinajstić information content (AvgIpc) is 3.16. The Labute approximate surface area is 141 Å². The zero-order chi connectivity index (χ0) is 15.8. The second-order valence-corrected chi connectivity index (χ2v) is 6.81. The van der Waals surface area contributed by atoms with Crippen LogP contribution in [-0.4, -0.2) is 17.1 Å². The standard InChI is InChI=1S/C17H13N3OS2/c1-22-11-4-2-10(3-5-11)18-8-12-15-13(20-17(12)21)6-7-14-16(15)23-9-19-14/h2-9,18H,1H3,(H,20,21)/b12-8-. The molecule has 0 unspecified atom stereocenters. The predicted octanol–water partition coefficient (Wildman–Crippen LogP) is 4.42. The molecule has 1 aliphatic rings. The number of hydrogen-bond donors (Lipinski definition) is 2. The second kappa shape index (κ2) is 5.72. The molecule has 0 bridgehead atoms. The van der Waals surface area contributed by atoms with Gasteiger partial charge < -0.3 is 10.6 Å². The van der Waals surface area contributed by atoms with Gasteiger partial charge in [0.15, 0.2) is 0 Å². The molecule has 23 heavy (non-hydrogen) atoms. The van der Waals surface area contributed by atoms with Crippen molar-refractivity contribution < 1.29 is 4.79 Å². The Hall–Kier alpha value is -2.31. The molecule has 2 N–H and O–H groups in total. The van der Waals surface area contributed by atoms with Gasteiger partial charge in [-0.25, -0.2) is 4.98 Å². The van der Waals surface area contributed by atoms with Crippen LogP contribution in [0.25, 0.3) is 15.8 Å². The number of thiazole rings is 1. The number of thioether (sulfide) groups is 1. The number of nitrogens with zero attached hydrogens (tertiary/aromatic N) is 1. The first-order valence-corrected chi connectivity index (χ1v) is 9.15. The summed E-state index contributed by atoms with van der Waals surface area (Å²) in [6.45, 7) is 0. The molecule has 3 aromatic rings. The maximum absolute atomic E-state index is 12.3. The van der Waals surface area contributed by atoms with E-state index in [1.165, 1.54) is 4.90 Å². The molecule has 114 valence electrons. The Balaban J connectivity index is 1.71. The summed E-state index contributed by atoms with van der Waals surface area (Å²) in [6, 6.07) is 11.9. The monoisotopic (exact) mass is 339 g/mol. The fourth-order valence-corrected chi connectivity index (χ4v) is 3.84. The van der Waals surface area contributed by atoms with Gasteiger partial charge in [0.25, 0.3) is 5.91 Å². The molecule has 0 saturated heterocycles. The molecule has 4 rings (SSSR count). The number of anilines is 2. The van der Waals surface area contributed by atoms with Crippen molar-refractivity contribution in [2.45, 2.75) is 4.90 Å². The van der Waals surface area contributed by atoms with E-state index >= 15 is 0 Å². The summed E-state index contributed by atoms with van der Waals surface area (Å²) in [5.74, 6) is -0.0888. The average molecular weight is 339 g/mol. The second-order valence-electron chi connectivity index (χ2n) is 5.07. The SMILES string of the molecule is CSc1ccc(N/C=C2\C(=O)Nc3ccc4ncsc4c32)cc1. The van der Waals surface area contributed by atoms with Gasteiger partial charge >= 0.3 is 0 Å². The lowest BCUT2D eigenvalue weighted by Crippen LogP contribution is -2.05. The van der Waals surface area contributed by atoms with Crippen molar-refractivity contribution in [1.29, 1.82) is 0 Å². The van der Waals surface area contributed by atoms with Crippen LogP contribution in [0, 0.1) is 0 Å². The number of benzene rings is 2. The molecular formula is C17H13N3OS2. The predicted molar refractivity (Wildman–Crippen MR) is 98.1 cm³/mol. The first kappa shape index (κ1) is 14.3. The molecule has 4 nitrogen and oxygen atoms in total. The summed E-state index contributed by atoms with van der Waals surface area (Å²) in [5, 5.41) is 6.13. The first-order chi connectivity index (χ1) is 11.3. The van der Waals surface area contributed by atoms with Gasteiger partial charge in [0.1, 0.15) is 0 Å². The first-order valence-electron chi connectivity index (χ1n) is 7.05. The van der Waals surface area contributed by atoms with Gasteiger partial charge in [-0.05, 0) is 42.7 Å². The highest BCUT2D eigenvalue weighted by Crippen LogP contribution is 2.39. The molecular weight excluding hydrogens is 326 g/mol. The van der Waals surface area contributed by atoms with Gasteiger partial charge in [0, 0.05) is 22.3 Å². The highest BCUT2D eigenvalue weighted by molar-refractivity contribution is 7.98. The number of rotatable bonds is 3. The van der Waals surface area contributed by atoms with Gasteiger partial charge in [-0.2, -0.15) is 0 Å². The van der Waals surface area contributed by atoms with Gasteiger partial charge in [-0.15, -0.1) is 23.1 Å². The smallest absolute Gasteiger partial charge is 0.257 e. The summed E-state index contributed by atoms with van der Waals surface area (Å²) in [6.07, 6.45) is 3.82. The third kappa shape index (κ3) is 2.50. The third-order valence-corrected chi connectivity index (χ3v) is 5.34. The van der Waals surface area contributed by atoms with E-state index in [0.717, 1.165) is 27.2 Å². The van der Waals surface area contributed by atoms with E-state index in [9.17, 15) is 4.79 Å². The lowest BCUT2D eigenvalue weighted by Gasteiger charge is -2.04. The number of aromatic nitrogens is 1. The minimum atomic E-state index is -0.0888. The van der Waals surface area contributed by atoms with Gasteiger partial charge in [0.2, 0.25) is 0 Å². The van der Waals surface area contributed by atoms with E-state index in [1.807, 2.05) is 30.5 Å². The minimum absolute atomic E-state index is 0.0888. The van der Waals surface area contributed by atoms with Crippen LogP contribution in [0.5, 0.6) is 0 Å². The van der Waals surface area contributed by atoms with E-state index in [4.69, 9.17) is 0 Å². The molecule has 2 heterocycles. The molecule has 1 amide bonds. The largest absolute Gasteiger partial charge is 0.361 e. The zero-order valence-corrected chi connectivity index (χ0v) is 13.9. The topological polar surface area (TPSA) is 54.0 Å². The van der Waals surface area contributed by atoms with Crippen molar-refractivity contribution in [2.24, 2.45) is 0 Å². The number of carbonyl (C=O) groups excluding carboxylic acids is 1. The number of carbonyl (C=O) groups is 1. The van der Waals surface area contributed by atoms with E-state index in [-0.39, 0.29) is 5.91 Å². The molecule has 0 atom stereocenters. The Kier molecular flexibility index (Phi) is 3.55. The highest BCUT2D eigenvalue weighted by atomic mass is 32.2. The van der Waals surface area contributed by atoms with Crippen LogP contribution >= 0.6 is 23.1 Å². The normalized spacial score (nSPS) is 15.0. The van der Waals surface area contributed by atoms with Crippen LogP contribution in [0.15, 0.2) is 53.0 Å². The van der Waals surface area contributed by atoms with Crippen LogP contribution < -0.4 is 10.6 Å². The molecule has 1 aromatic heterocycles. The molecule has 0 fully saturated rings. The Morgan fingerprint density at radius 2 is 2.04 bits per heavy atom. The summed E-state index contributed by atoms with van der Waals surface area (Å²) in [7, 11) is 0. The van der Waals surface area contributed by atoms with Crippen molar-refractivity contribution in [3.63, 3.8) is 0 Å². The van der Waals surface area contributed by atoms with Crippen molar-refractivity contribution in [2.75, 3.05) is 16.9 Å². The zero-order valence-electron chi connectivity index (χ0n) is 12.3. The maximum atomic E-state index is 12.3. The van der Waals surface area contributed by atoms with Gasteiger partial charge in [-0.3, -0.25) is 4.79 Å². The van der Waals surface area contributed by atoms with E-state index < -0.39 is 0 Å². The van der Waals surface area contributed by atoms with E-state index in [2.05, 4.69) is 27.8 Å². The molecule has 0 radical (unpaired) electrons.